The number of fused-ring (bicyclic) bond motifs is 1. The lowest BCUT2D eigenvalue weighted by molar-refractivity contribution is -0.123. The summed E-state index contributed by atoms with van der Waals surface area (Å²) in [5.74, 6) is 0.375. The second-order valence-corrected chi connectivity index (χ2v) is 5.49. The topological polar surface area (TPSA) is 76.7 Å². The van der Waals surface area contributed by atoms with Crippen LogP contribution in [0, 0.1) is 0 Å². The third-order valence-corrected chi connectivity index (χ3v) is 3.78. The van der Waals surface area contributed by atoms with E-state index < -0.39 is 5.91 Å². The van der Waals surface area contributed by atoms with E-state index in [9.17, 15) is 9.59 Å². The Morgan fingerprint density at radius 2 is 1.54 bits per heavy atom. The van der Waals surface area contributed by atoms with Crippen molar-refractivity contribution >= 4 is 22.6 Å². The van der Waals surface area contributed by atoms with Crippen LogP contribution in [0.5, 0.6) is 11.5 Å². The summed E-state index contributed by atoms with van der Waals surface area (Å²) in [7, 11) is 1.57. The lowest BCUT2D eigenvalue weighted by Gasteiger charge is -2.10. The van der Waals surface area contributed by atoms with Crippen molar-refractivity contribution in [2.24, 2.45) is 0 Å². The fraction of sp³-hybridized carbons (Fsp3) is 0.100. The number of ether oxygens (including phenoxy) is 2. The molecule has 0 aliphatic carbocycles. The molecule has 0 radical (unpaired) electrons. The molecule has 0 atom stereocenters. The quantitative estimate of drug-likeness (QED) is 0.694. The number of carbonyl (C=O) groups is 2. The molecule has 0 aliphatic heterocycles. The second kappa shape index (κ2) is 8.02. The number of nitrogens with one attached hydrogen (secondary N) is 2. The molecule has 0 aromatic heterocycles. The molecule has 0 bridgehead atoms. The largest absolute Gasteiger partial charge is 0.497 e. The Labute approximate surface area is 150 Å². The first-order valence-corrected chi connectivity index (χ1v) is 8.01. The molecule has 0 fully saturated rings. The van der Waals surface area contributed by atoms with Crippen LogP contribution in [0.3, 0.4) is 0 Å². The fourth-order valence-electron chi connectivity index (χ4n) is 2.47. The number of amides is 2. The number of hydrogen-bond donors (Lipinski definition) is 2. The first-order valence-electron chi connectivity index (χ1n) is 8.01. The summed E-state index contributed by atoms with van der Waals surface area (Å²) in [5.41, 5.74) is 5.24. The van der Waals surface area contributed by atoms with Crippen molar-refractivity contribution in [2.45, 2.75) is 0 Å². The summed E-state index contributed by atoms with van der Waals surface area (Å²) in [6.45, 7) is -0.220. The van der Waals surface area contributed by atoms with Crippen LogP contribution in [0.2, 0.25) is 0 Å². The lowest BCUT2D eigenvalue weighted by atomic mass is 10.0. The zero-order valence-corrected chi connectivity index (χ0v) is 14.2. The van der Waals surface area contributed by atoms with Crippen LogP contribution >= 0.6 is 0 Å². The van der Waals surface area contributed by atoms with Crippen LogP contribution in [-0.4, -0.2) is 25.5 Å². The highest BCUT2D eigenvalue weighted by atomic mass is 16.5. The predicted octanol–water partition coefficient (Wildman–Crippen LogP) is 2.69. The Balaban J connectivity index is 1.54. The van der Waals surface area contributed by atoms with Crippen LogP contribution in [-0.2, 0) is 4.79 Å². The summed E-state index contributed by atoms with van der Waals surface area (Å²) in [6, 6.07) is 19.8. The molecule has 0 spiro atoms. The van der Waals surface area contributed by atoms with Gasteiger partial charge in [0.2, 0.25) is 0 Å². The summed E-state index contributed by atoms with van der Waals surface area (Å²) < 4.78 is 10.4. The lowest BCUT2D eigenvalue weighted by Crippen LogP contribution is -2.43. The van der Waals surface area contributed by atoms with Gasteiger partial charge in [0.1, 0.15) is 11.5 Å². The van der Waals surface area contributed by atoms with Crippen molar-refractivity contribution in [1.82, 2.24) is 10.9 Å². The molecule has 3 aromatic carbocycles. The average molecular weight is 350 g/mol. The van der Waals surface area contributed by atoms with Crippen LogP contribution in [0.4, 0.5) is 0 Å². The Kier molecular flexibility index (Phi) is 5.34. The van der Waals surface area contributed by atoms with Gasteiger partial charge in [-0.05, 0) is 41.1 Å². The van der Waals surface area contributed by atoms with Crippen LogP contribution < -0.4 is 20.3 Å². The van der Waals surface area contributed by atoms with Gasteiger partial charge in [0, 0.05) is 5.56 Å². The van der Waals surface area contributed by atoms with Gasteiger partial charge in [0.25, 0.3) is 11.8 Å². The molecule has 0 unspecified atom stereocenters. The van der Waals surface area contributed by atoms with Crippen molar-refractivity contribution in [2.75, 3.05) is 13.7 Å². The zero-order chi connectivity index (χ0) is 18.4. The fourth-order valence-corrected chi connectivity index (χ4v) is 2.47. The predicted molar refractivity (Wildman–Crippen MR) is 98.0 cm³/mol. The number of methoxy groups -OCH3 is 1. The molecule has 2 amide bonds. The van der Waals surface area contributed by atoms with Gasteiger partial charge in [0.05, 0.1) is 7.11 Å². The normalized spacial score (nSPS) is 10.2. The molecule has 0 aliphatic rings. The van der Waals surface area contributed by atoms with E-state index in [2.05, 4.69) is 10.9 Å². The van der Waals surface area contributed by atoms with Gasteiger partial charge in [-0.15, -0.1) is 0 Å². The van der Waals surface area contributed by atoms with Gasteiger partial charge in [0.15, 0.2) is 6.61 Å². The van der Waals surface area contributed by atoms with Gasteiger partial charge < -0.3 is 9.47 Å². The first-order chi connectivity index (χ1) is 12.7. The van der Waals surface area contributed by atoms with Crippen molar-refractivity contribution < 1.29 is 19.1 Å². The molecule has 26 heavy (non-hydrogen) atoms. The summed E-state index contributed by atoms with van der Waals surface area (Å²) >= 11 is 0. The van der Waals surface area contributed by atoms with Crippen molar-refractivity contribution in [1.29, 1.82) is 0 Å². The highest BCUT2D eigenvalue weighted by Crippen LogP contribution is 2.18. The minimum atomic E-state index is -0.464. The van der Waals surface area contributed by atoms with E-state index in [0.29, 0.717) is 17.1 Å². The first kappa shape index (κ1) is 17.3. The Morgan fingerprint density at radius 3 is 2.31 bits per heavy atom. The Bertz CT molecular complexity index is 917. The number of carbonyl (C=O) groups excluding carboxylic acids is 2. The maximum Gasteiger partial charge on any atom is 0.276 e. The third kappa shape index (κ3) is 4.10. The average Bonchev–Trinajstić information content (AvgIpc) is 2.70. The molecule has 0 saturated carbocycles. The molecule has 0 heterocycles. The van der Waals surface area contributed by atoms with E-state index >= 15 is 0 Å². The molecule has 3 aromatic rings. The van der Waals surface area contributed by atoms with E-state index in [-0.39, 0.29) is 12.5 Å². The van der Waals surface area contributed by atoms with Crippen LogP contribution in [0.1, 0.15) is 10.4 Å². The minimum Gasteiger partial charge on any atom is -0.497 e. The smallest absolute Gasteiger partial charge is 0.276 e. The molecule has 6 heteroatoms. The number of hydrazine groups is 1. The summed E-state index contributed by atoms with van der Waals surface area (Å²) in [6.07, 6.45) is 0. The van der Waals surface area contributed by atoms with E-state index in [0.717, 1.165) is 10.8 Å². The van der Waals surface area contributed by atoms with Gasteiger partial charge in [-0.1, -0.05) is 36.4 Å². The van der Waals surface area contributed by atoms with Gasteiger partial charge >= 0.3 is 0 Å². The Morgan fingerprint density at radius 1 is 0.846 bits per heavy atom. The van der Waals surface area contributed by atoms with Crippen molar-refractivity contribution in [3.05, 3.63) is 72.3 Å². The number of benzene rings is 3. The summed E-state index contributed by atoms with van der Waals surface area (Å²) in [4.78, 5) is 24.2. The zero-order valence-electron chi connectivity index (χ0n) is 14.2. The molecule has 6 nitrogen and oxygen atoms in total. The Hall–Kier alpha value is -3.54. The minimum absolute atomic E-state index is 0.220. The molecular formula is C20H18N2O4. The SMILES string of the molecule is COc1ccc(OCC(=O)NNC(=O)c2cccc3ccccc23)cc1. The maximum absolute atomic E-state index is 12.3. The van der Waals surface area contributed by atoms with E-state index in [1.807, 2.05) is 30.3 Å². The van der Waals surface area contributed by atoms with Crippen molar-refractivity contribution in [3.8, 4) is 11.5 Å². The molecule has 2 N–H and O–H groups in total. The van der Waals surface area contributed by atoms with Gasteiger partial charge in [-0.25, -0.2) is 0 Å². The summed E-state index contributed by atoms with van der Waals surface area (Å²) in [5, 5.41) is 1.77. The highest BCUT2D eigenvalue weighted by Gasteiger charge is 2.11. The number of hydrogen-bond acceptors (Lipinski definition) is 4. The maximum atomic E-state index is 12.3. The van der Waals surface area contributed by atoms with Gasteiger partial charge in [-0.3, -0.25) is 20.4 Å². The monoisotopic (exact) mass is 350 g/mol. The van der Waals surface area contributed by atoms with E-state index in [1.54, 1.807) is 43.5 Å². The highest BCUT2D eigenvalue weighted by molar-refractivity contribution is 6.07. The second-order valence-electron chi connectivity index (χ2n) is 5.49. The van der Waals surface area contributed by atoms with E-state index in [4.69, 9.17) is 9.47 Å². The molecule has 0 saturated heterocycles. The standard InChI is InChI=1S/C20H18N2O4/c1-25-15-9-11-16(12-10-15)26-13-19(23)21-22-20(24)18-8-4-6-14-5-2-3-7-17(14)18/h2-12H,13H2,1H3,(H,21,23)(H,22,24). The van der Waals surface area contributed by atoms with E-state index in [1.165, 1.54) is 0 Å². The van der Waals surface area contributed by atoms with Crippen LogP contribution in [0.15, 0.2) is 66.7 Å². The van der Waals surface area contributed by atoms with Crippen LogP contribution in [0.25, 0.3) is 10.8 Å². The molecular weight excluding hydrogens is 332 g/mol. The molecule has 3 rings (SSSR count). The third-order valence-electron chi connectivity index (χ3n) is 3.78. The number of rotatable bonds is 5. The van der Waals surface area contributed by atoms with Gasteiger partial charge in [-0.2, -0.15) is 0 Å². The van der Waals surface area contributed by atoms with Crippen molar-refractivity contribution in [3.63, 3.8) is 0 Å². The molecule has 132 valence electrons.